The van der Waals surface area contributed by atoms with Crippen molar-refractivity contribution in [3.05, 3.63) is 23.3 Å². The van der Waals surface area contributed by atoms with E-state index >= 15 is 0 Å². The third-order valence-corrected chi connectivity index (χ3v) is 3.26. The summed E-state index contributed by atoms with van der Waals surface area (Å²) >= 11 is 0. The highest BCUT2D eigenvalue weighted by molar-refractivity contribution is 6.30. The monoisotopic (exact) mass is 305 g/mol. The quantitative estimate of drug-likeness (QED) is 0.581. The summed E-state index contributed by atoms with van der Waals surface area (Å²) in [7, 11) is 1.32. The van der Waals surface area contributed by atoms with E-state index in [9.17, 15) is 18.3 Å². The SMILES string of the molecule is CC(C)=C/C(=C\C(C)[B]OC(C)(C)C(C)(C)O)C(F)(F)F. The Morgan fingerprint density at radius 3 is 1.95 bits per heavy atom. The summed E-state index contributed by atoms with van der Waals surface area (Å²) in [6.07, 6.45) is -2.19. The number of hydrogen-bond donors (Lipinski definition) is 1. The molecule has 0 bridgehead atoms. The van der Waals surface area contributed by atoms with Gasteiger partial charge in [0.1, 0.15) is 0 Å². The molecule has 0 amide bonds. The smallest absolute Gasteiger partial charge is 0.416 e. The Balaban J connectivity index is 4.98. The molecule has 0 aromatic rings. The fourth-order valence-corrected chi connectivity index (χ4v) is 1.28. The Morgan fingerprint density at radius 2 is 1.62 bits per heavy atom. The van der Waals surface area contributed by atoms with Crippen molar-refractivity contribution >= 4 is 7.48 Å². The van der Waals surface area contributed by atoms with E-state index in [0.29, 0.717) is 5.57 Å². The van der Waals surface area contributed by atoms with Gasteiger partial charge in [-0.15, -0.1) is 0 Å². The molecule has 0 saturated carbocycles. The van der Waals surface area contributed by atoms with Gasteiger partial charge in [-0.1, -0.05) is 24.6 Å². The second-order valence-corrected chi connectivity index (χ2v) is 6.52. The Bertz CT molecular complexity index is 400. The summed E-state index contributed by atoms with van der Waals surface area (Å²) in [4.78, 5) is 0. The second kappa shape index (κ2) is 7.01. The van der Waals surface area contributed by atoms with E-state index in [1.807, 2.05) is 0 Å². The second-order valence-electron chi connectivity index (χ2n) is 6.52. The maximum absolute atomic E-state index is 12.9. The van der Waals surface area contributed by atoms with E-state index in [1.54, 1.807) is 48.5 Å². The van der Waals surface area contributed by atoms with Gasteiger partial charge in [0.05, 0.1) is 16.8 Å². The van der Waals surface area contributed by atoms with E-state index in [1.165, 1.54) is 7.48 Å². The number of alkyl halides is 3. The van der Waals surface area contributed by atoms with Crippen molar-refractivity contribution in [2.75, 3.05) is 0 Å². The standard InChI is InChI=1S/C15H25BF3O2/c1-10(2)8-12(15(17,18)19)9-11(3)16-21-14(6,7)13(4,5)20/h8-9,11,20H,1-7H3/b12-9+. The lowest BCUT2D eigenvalue weighted by molar-refractivity contribution is -0.0914. The predicted octanol–water partition coefficient (Wildman–Crippen LogP) is 4.44. The van der Waals surface area contributed by atoms with Crippen molar-refractivity contribution in [3.63, 3.8) is 0 Å². The minimum absolute atomic E-state index is 0.543. The van der Waals surface area contributed by atoms with Crippen LogP contribution in [-0.2, 0) is 4.65 Å². The zero-order valence-corrected chi connectivity index (χ0v) is 13.8. The van der Waals surface area contributed by atoms with Gasteiger partial charge in [0.2, 0.25) is 0 Å². The first-order valence-electron chi connectivity index (χ1n) is 6.84. The maximum atomic E-state index is 12.9. The first-order valence-corrected chi connectivity index (χ1v) is 6.84. The van der Waals surface area contributed by atoms with Crippen molar-refractivity contribution in [3.8, 4) is 0 Å². The molecule has 0 saturated heterocycles. The highest BCUT2D eigenvalue weighted by Gasteiger charge is 2.36. The molecule has 21 heavy (non-hydrogen) atoms. The van der Waals surface area contributed by atoms with E-state index in [-0.39, 0.29) is 0 Å². The Morgan fingerprint density at radius 1 is 1.14 bits per heavy atom. The van der Waals surface area contributed by atoms with Crippen LogP contribution in [-0.4, -0.2) is 30.0 Å². The van der Waals surface area contributed by atoms with Crippen molar-refractivity contribution < 1.29 is 22.9 Å². The molecule has 0 aliphatic carbocycles. The zero-order chi connectivity index (χ0) is 17.1. The van der Waals surface area contributed by atoms with E-state index in [2.05, 4.69) is 0 Å². The third kappa shape index (κ3) is 7.18. The lowest BCUT2D eigenvalue weighted by atomic mass is 9.77. The summed E-state index contributed by atoms with van der Waals surface area (Å²) in [5, 5.41) is 9.94. The van der Waals surface area contributed by atoms with Crippen LogP contribution in [0.15, 0.2) is 23.3 Å². The van der Waals surface area contributed by atoms with Gasteiger partial charge in [-0.3, -0.25) is 0 Å². The Kier molecular flexibility index (Phi) is 6.76. The fraction of sp³-hybridized carbons (Fsp3) is 0.733. The number of rotatable bonds is 6. The first kappa shape index (κ1) is 20.3. The molecule has 0 aliphatic heterocycles. The summed E-state index contributed by atoms with van der Waals surface area (Å²) in [6, 6.07) is 0. The molecular formula is C15H25BF3O2. The highest BCUT2D eigenvalue weighted by Crippen LogP contribution is 2.31. The van der Waals surface area contributed by atoms with Crippen LogP contribution >= 0.6 is 0 Å². The van der Waals surface area contributed by atoms with Crippen molar-refractivity contribution in [2.24, 2.45) is 0 Å². The van der Waals surface area contributed by atoms with Gasteiger partial charge in [0.25, 0.3) is 7.48 Å². The minimum Gasteiger partial charge on any atom is -0.432 e. The summed E-state index contributed by atoms with van der Waals surface area (Å²) < 4.78 is 44.2. The van der Waals surface area contributed by atoms with Gasteiger partial charge in [-0.2, -0.15) is 13.2 Å². The molecule has 0 aromatic carbocycles. The van der Waals surface area contributed by atoms with Gasteiger partial charge < -0.3 is 9.76 Å². The average Bonchev–Trinajstić information content (AvgIpc) is 2.22. The van der Waals surface area contributed by atoms with Gasteiger partial charge in [-0.25, -0.2) is 0 Å². The van der Waals surface area contributed by atoms with Crippen LogP contribution < -0.4 is 0 Å². The average molecular weight is 305 g/mol. The maximum Gasteiger partial charge on any atom is 0.416 e. The molecule has 6 heteroatoms. The molecule has 0 aromatic heterocycles. The molecule has 0 rings (SSSR count). The molecule has 0 aliphatic rings. The molecule has 0 fully saturated rings. The number of halogens is 3. The van der Waals surface area contributed by atoms with Crippen molar-refractivity contribution in [1.82, 2.24) is 0 Å². The molecule has 1 unspecified atom stereocenters. The van der Waals surface area contributed by atoms with Crippen LogP contribution in [0.1, 0.15) is 48.5 Å². The summed E-state index contributed by atoms with van der Waals surface area (Å²) in [5.41, 5.74) is -2.14. The third-order valence-electron chi connectivity index (χ3n) is 3.26. The molecule has 0 spiro atoms. The van der Waals surface area contributed by atoms with Crippen molar-refractivity contribution in [1.29, 1.82) is 0 Å². The topological polar surface area (TPSA) is 29.5 Å². The molecule has 1 atom stereocenters. The van der Waals surface area contributed by atoms with Crippen LogP contribution in [0.5, 0.6) is 0 Å². The van der Waals surface area contributed by atoms with Crippen LogP contribution in [0.2, 0.25) is 5.82 Å². The summed E-state index contributed by atoms with van der Waals surface area (Å²) in [5.74, 6) is -0.543. The number of hydrogen-bond acceptors (Lipinski definition) is 2. The van der Waals surface area contributed by atoms with Crippen LogP contribution in [0.4, 0.5) is 13.2 Å². The predicted molar refractivity (Wildman–Crippen MR) is 80.2 cm³/mol. The van der Waals surface area contributed by atoms with Crippen LogP contribution in [0.3, 0.4) is 0 Å². The first-order chi connectivity index (χ1) is 9.17. The highest BCUT2D eigenvalue weighted by atomic mass is 19.4. The van der Waals surface area contributed by atoms with E-state index < -0.39 is 28.8 Å². The van der Waals surface area contributed by atoms with Gasteiger partial charge >= 0.3 is 6.18 Å². The van der Waals surface area contributed by atoms with Crippen LogP contribution in [0, 0.1) is 0 Å². The summed E-state index contributed by atoms with van der Waals surface area (Å²) in [6.45, 7) is 11.4. The lowest BCUT2D eigenvalue weighted by Crippen LogP contribution is -2.48. The van der Waals surface area contributed by atoms with E-state index in [0.717, 1.165) is 12.2 Å². The van der Waals surface area contributed by atoms with Gasteiger partial charge in [-0.05, 0) is 47.4 Å². The largest absolute Gasteiger partial charge is 0.432 e. The minimum atomic E-state index is -4.40. The Hall–Kier alpha value is -0.745. The number of aliphatic hydroxyl groups is 1. The molecule has 0 heterocycles. The molecule has 1 N–H and O–H groups in total. The number of allylic oxidation sites excluding steroid dienone is 4. The molecule has 1 radical (unpaired) electrons. The zero-order valence-electron chi connectivity index (χ0n) is 13.8. The van der Waals surface area contributed by atoms with Gasteiger partial charge in [0.15, 0.2) is 0 Å². The van der Waals surface area contributed by atoms with Crippen molar-refractivity contribution in [2.45, 2.75) is 71.7 Å². The molecular weight excluding hydrogens is 280 g/mol. The normalized spacial score (nSPS) is 15.7. The Labute approximate surface area is 126 Å². The van der Waals surface area contributed by atoms with Gasteiger partial charge in [0, 0.05) is 0 Å². The van der Waals surface area contributed by atoms with E-state index in [4.69, 9.17) is 4.65 Å². The lowest BCUT2D eigenvalue weighted by Gasteiger charge is -2.38. The van der Waals surface area contributed by atoms with Crippen LogP contribution in [0.25, 0.3) is 0 Å². The molecule has 121 valence electrons. The fourth-order valence-electron chi connectivity index (χ4n) is 1.28. The molecule has 2 nitrogen and oxygen atoms in total.